The minimum atomic E-state index is -1.53. The summed E-state index contributed by atoms with van der Waals surface area (Å²) in [7, 11) is -1.53. The number of rotatable bonds is 3. The van der Waals surface area contributed by atoms with Crippen LogP contribution in [-0.2, 0) is 18.3 Å². The number of hydrogen-bond donors (Lipinski definition) is 0. The van der Waals surface area contributed by atoms with Crippen LogP contribution in [0.5, 0.6) is 0 Å². The van der Waals surface area contributed by atoms with Gasteiger partial charge >= 0.3 is 276 Å². The first-order valence-corrected chi connectivity index (χ1v) is 21.8. The summed E-state index contributed by atoms with van der Waals surface area (Å²) < 4.78 is 5.81. The van der Waals surface area contributed by atoms with Crippen molar-refractivity contribution in [3.63, 3.8) is 0 Å². The van der Waals surface area contributed by atoms with Crippen molar-refractivity contribution in [3.8, 4) is 5.69 Å². The molecule has 4 heteroatoms. The Kier molecular flexibility index (Phi) is 6.14. The molecule has 0 saturated heterocycles. The molecule has 1 unspecified atom stereocenters. The SMILES string of the molecule is CC1(c2ccccc2)c2cc([Si](C)(C)C)ccc2B2c3ccccc3[Se]c3c(-n4c5c(c6ccccc64)CCCC5)ccc1c32. The van der Waals surface area contributed by atoms with Gasteiger partial charge in [0.25, 0.3) is 0 Å². The van der Waals surface area contributed by atoms with Gasteiger partial charge in [0.05, 0.1) is 0 Å². The fourth-order valence-corrected chi connectivity index (χ4v) is 12.5. The molecule has 2 aliphatic heterocycles. The fourth-order valence-electron chi connectivity index (χ4n) is 8.70. The second-order valence-electron chi connectivity index (χ2n) is 14.5. The van der Waals surface area contributed by atoms with Crippen LogP contribution >= 0.6 is 0 Å². The van der Waals surface area contributed by atoms with Crippen LogP contribution in [0.4, 0.5) is 0 Å². The van der Waals surface area contributed by atoms with Crippen LogP contribution in [-0.4, -0.2) is 34.3 Å². The molecule has 0 N–H and O–H groups in total. The minimum absolute atomic E-state index is 0.202. The second kappa shape index (κ2) is 9.97. The second-order valence-corrected chi connectivity index (χ2v) is 21.8. The van der Waals surface area contributed by atoms with Gasteiger partial charge in [0.15, 0.2) is 0 Å². The van der Waals surface area contributed by atoms with Gasteiger partial charge in [-0.25, -0.2) is 0 Å². The zero-order valence-electron chi connectivity index (χ0n) is 26.7. The van der Waals surface area contributed by atoms with E-state index in [1.165, 1.54) is 67.9 Å². The molecule has 5 aromatic carbocycles. The third-order valence-corrected chi connectivity index (χ3v) is 15.6. The Morgan fingerprint density at radius 2 is 1.49 bits per heavy atom. The third-order valence-electron chi connectivity index (χ3n) is 11.0. The van der Waals surface area contributed by atoms with Gasteiger partial charge in [0.1, 0.15) is 0 Å². The summed E-state index contributed by atoms with van der Waals surface area (Å²) in [6.07, 6.45) is 4.93. The first-order valence-electron chi connectivity index (χ1n) is 16.6. The van der Waals surface area contributed by atoms with E-state index in [0.29, 0.717) is 0 Å². The van der Waals surface area contributed by atoms with Crippen LogP contribution in [0.3, 0.4) is 0 Å². The molecule has 3 aliphatic rings. The summed E-state index contributed by atoms with van der Waals surface area (Å²) >= 11 is 0.202. The van der Waals surface area contributed by atoms with Gasteiger partial charge in [-0.1, -0.05) is 0 Å². The number of benzene rings is 5. The Labute approximate surface area is 275 Å². The molecule has 1 aromatic heterocycles. The Morgan fingerprint density at radius 3 is 2.33 bits per heavy atom. The topological polar surface area (TPSA) is 4.93 Å². The molecule has 1 nitrogen and oxygen atoms in total. The van der Waals surface area contributed by atoms with E-state index in [4.69, 9.17) is 0 Å². The Hall–Kier alpha value is -3.56. The molecule has 220 valence electrons. The quantitative estimate of drug-likeness (QED) is 0.229. The molecule has 45 heavy (non-hydrogen) atoms. The maximum absolute atomic E-state index is 2.69. The predicted octanol–water partition coefficient (Wildman–Crippen LogP) is 5.21. The van der Waals surface area contributed by atoms with Gasteiger partial charge in [-0.15, -0.1) is 0 Å². The zero-order valence-corrected chi connectivity index (χ0v) is 29.4. The molecule has 9 rings (SSSR count). The van der Waals surface area contributed by atoms with Crippen molar-refractivity contribution in [2.45, 2.75) is 57.7 Å². The van der Waals surface area contributed by atoms with Crippen molar-refractivity contribution in [3.05, 3.63) is 137 Å². The van der Waals surface area contributed by atoms with E-state index in [2.05, 4.69) is 140 Å². The van der Waals surface area contributed by atoms with Gasteiger partial charge in [0, 0.05) is 0 Å². The first-order chi connectivity index (χ1) is 21.9. The normalized spacial score (nSPS) is 18.3. The van der Waals surface area contributed by atoms with Crippen LogP contribution in [0, 0.1) is 0 Å². The monoisotopic (exact) mass is 663 g/mol. The van der Waals surface area contributed by atoms with Gasteiger partial charge < -0.3 is 0 Å². The van der Waals surface area contributed by atoms with Crippen LogP contribution < -0.4 is 30.5 Å². The molecule has 0 saturated carbocycles. The van der Waals surface area contributed by atoms with Gasteiger partial charge in [-0.05, 0) is 0 Å². The van der Waals surface area contributed by atoms with E-state index >= 15 is 0 Å². The molecular weight excluding hydrogens is 624 g/mol. The van der Waals surface area contributed by atoms with E-state index in [1.54, 1.807) is 26.4 Å². The molecule has 1 aliphatic carbocycles. The van der Waals surface area contributed by atoms with Crippen molar-refractivity contribution in [1.29, 1.82) is 0 Å². The molecular formula is C41H38BNSeSi. The summed E-state index contributed by atoms with van der Waals surface area (Å²) in [6, 6.07) is 42.6. The average molecular weight is 663 g/mol. The standard InChI is InChI=1S/C41H38BNSeSi/c1-41(27-14-6-5-7-15-27)31-23-25-37(43-35-19-11-8-16-29(35)30-17-9-12-20-36(30)43)40-39(31)42(34-18-10-13-21-38(34)44-40)33-24-22-28(26-32(33)41)45(2,3)4/h5-8,10-11,13-16,18-19,21-26H,9,12,17,20H2,1-4H3. The molecule has 0 fully saturated rings. The number of aromatic nitrogens is 1. The van der Waals surface area contributed by atoms with E-state index < -0.39 is 8.07 Å². The Balaban J connectivity index is 1.41. The van der Waals surface area contributed by atoms with Gasteiger partial charge in [0.2, 0.25) is 0 Å². The fraction of sp³-hybridized carbons (Fsp3) is 0.220. The van der Waals surface area contributed by atoms with Crippen LogP contribution in [0.2, 0.25) is 19.6 Å². The molecule has 1 atom stereocenters. The van der Waals surface area contributed by atoms with Crippen molar-refractivity contribution < 1.29 is 0 Å². The first kappa shape index (κ1) is 27.7. The third kappa shape index (κ3) is 3.92. The van der Waals surface area contributed by atoms with Crippen molar-refractivity contribution >= 4 is 71.1 Å². The average Bonchev–Trinajstić information content (AvgIpc) is 3.40. The van der Waals surface area contributed by atoms with Crippen LogP contribution in [0.25, 0.3) is 16.6 Å². The number of fused-ring (bicyclic) bond motifs is 7. The molecule has 0 radical (unpaired) electrons. The molecule has 0 amide bonds. The maximum atomic E-state index is 2.69. The van der Waals surface area contributed by atoms with Crippen LogP contribution in [0.1, 0.15) is 47.7 Å². The zero-order chi connectivity index (χ0) is 30.5. The summed E-state index contributed by atoms with van der Waals surface area (Å²) in [4.78, 5) is 0. The van der Waals surface area contributed by atoms with Crippen molar-refractivity contribution in [2.75, 3.05) is 0 Å². The van der Waals surface area contributed by atoms with E-state index in [9.17, 15) is 0 Å². The molecule has 0 bridgehead atoms. The number of aryl methyl sites for hydroxylation is 1. The molecule has 6 aromatic rings. The summed E-state index contributed by atoms with van der Waals surface area (Å²) in [6.45, 7) is 10.2. The Morgan fingerprint density at radius 1 is 0.733 bits per heavy atom. The number of para-hydroxylation sites is 1. The number of hydrogen-bond acceptors (Lipinski definition) is 0. The summed E-state index contributed by atoms with van der Waals surface area (Å²) in [5, 5.41) is 3.00. The summed E-state index contributed by atoms with van der Waals surface area (Å²) in [5.41, 5.74) is 14.7. The van der Waals surface area contributed by atoms with E-state index in [1.807, 2.05) is 0 Å². The van der Waals surface area contributed by atoms with Crippen molar-refractivity contribution in [2.24, 2.45) is 0 Å². The Bertz CT molecular complexity index is 2160. The van der Waals surface area contributed by atoms with Crippen LogP contribution in [0.15, 0.2) is 109 Å². The van der Waals surface area contributed by atoms with Gasteiger partial charge in [-0.2, -0.15) is 0 Å². The molecule has 3 heterocycles. The predicted molar refractivity (Wildman–Crippen MR) is 197 cm³/mol. The van der Waals surface area contributed by atoms with E-state index in [-0.39, 0.29) is 27.1 Å². The van der Waals surface area contributed by atoms with E-state index in [0.717, 1.165) is 6.42 Å². The van der Waals surface area contributed by atoms with Gasteiger partial charge in [-0.3, -0.25) is 0 Å². The van der Waals surface area contributed by atoms with Crippen molar-refractivity contribution in [1.82, 2.24) is 4.57 Å². The molecule has 0 spiro atoms. The number of nitrogens with zero attached hydrogens (tertiary/aromatic N) is 1. The summed E-state index contributed by atoms with van der Waals surface area (Å²) in [5.74, 6) is 0.